The molecule has 1 amide bonds. The van der Waals surface area contributed by atoms with E-state index in [4.69, 9.17) is 0 Å². The van der Waals surface area contributed by atoms with Crippen molar-refractivity contribution >= 4 is 11.6 Å². The van der Waals surface area contributed by atoms with Gasteiger partial charge in [0.15, 0.2) is 0 Å². The fraction of sp³-hybridized carbons (Fsp3) is 0.538. The lowest BCUT2D eigenvalue weighted by atomic mass is 9.80. The number of carbonyl (C=O) groups is 1. The van der Waals surface area contributed by atoms with Crippen LogP contribution in [0.4, 0.5) is 5.69 Å². The van der Waals surface area contributed by atoms with Gasteiger partial charge < -0.3 is 10.6 Å². The van der Waals surface area contributed by atoms with E-state index < -0.39 is 0 Å². The molecule has 0 radical (unpaired) electrons. The van der Waals surface area contributed by atoms with E-state index in [1.807, 2.05) is 26.0 Å². The van der Waals surface area contributed by atoms with Crippen molar-refractivity contribution in [3.63, 3.8) is 0 Å². The summed E-state index contributed by atoms with van der Waals surface area (Å²) in [5.74, 6) is 0.102. The molecule has 1 aromatic heterocycles. The van der Waals surface area contributed by atoms with Gasteiger partial charge in [0.1, 0.15) is 0 Å². The lowest BCUT2D eigenvalue weighted by Crippen LogP contribution is -2.42. The number of aryl methyl sites for hydroxylation is 1. The molecule has 4 heteroatoms. The van der Waals surface area contributed by atoms with Crippen LogP contribution >= 0.6 is 0 Å². The molecule has 2 rings (SSSR count). The van der Waals surface area contributed by atoms with E-state index in [0.29, 0.717) is 0 Å². The Morgan fingerprint density at radius 1 is 1.41 bits per heavy atom. The van der Waals surface area contributed by atoms with Crippen molar-refractivity contribution in [1.29, 1.82) is 0 Å². The second-order valence-electron chi connectivity index (χ2n) is 4.95. The van der Waals surface area contributed by atoms with Gasteiger partial charge in [-0.1, -0.05) is 6.92 Å². The van der Waals surface area contributed by atoms with Gasteiger partial charge in [0.2, 0.25) is 5.91 Å². The number of hydrogen-bond acceptors (Lipinski definition) is 3. The van der Waals surface area contributed by atoms with Crippen LogP contribution in [0.3, 0.4) is 0 Å². The quantitative estimate of drug-likeness (QED) is 0.817. The molecular formula is C13H19N3O. The van der Waals surface area contributed by atoms with Crippen LogP contribution < -0.4 is 10.6 Å². The first-order chi connectivity index (χ1) is 8.10. The molecule has 0 bridgehead atoms. The van der Waals surface area contributed by atoms with E-state index in [1.165, 1.54) is 0 Å². The van der Waals surface area contributed by atoms with Crippen LogP contribution in [0.1, 0.15) is 25.5 Å². The molecule has 1 aliphatic rings. The Morgan fingerprint density at radius 2 is 2.12 bits per heavy atom. The molecule has 0 atom stereocenters. The Kier molecular flexibility index (Phi) is 3.43. The van der Waals surface area contributed by atoms with Gasteiger partial charge >= 0.3 is 0 Å². The number of pyridine rings is 1. The van der Waals surface area contributed by atoms with E-state index in [2.05, 4.69) is 15.6 Å². The van der Waals surface area contributed by atoms with E-state index in [9.17, 15) is 4.79 Å². The van der Waals surface area contributed by atoms with Crippen molar-refractivity contribution in [2.75, 3.05) is 18.4 Å². The molecule has 0 aromatic carbocycles. The van der Waals surface area contributed by atoms with Crippen molar-refractivity contribution in [2.24, 2.45) is 5.41 Å². The van der Waals surface area contributed by atoms with Crippen LogP contribution in [0.2, 0.25) is 0 Å². The van der Waals surface area contributed by atoms with E-state index in [0.717, 1.165) is 37.3 Å². The fourth-order valence-corrected chi connectivity index (χ4v) is 2.03. The monoisotopic (exact) mass is 233 g/mol. The predicted molar refractivity (Wildman–Crippen MR) is 67.8 cm³/mol. The molecule has 0 unspecified atom stereocenters. The number of nitrogens with zero attached hydrogens (tertiary/aromatic N) is 1. The summed E-state index contributed by atoms with van der Waals surface area (Å²) in [6.07, 6.45) is 3.48. The van der Waals surface area contributed by atoms with Gasteiger partial charge in [0.25, 0.3) is 0 Å². The minimum atomic E-state index is -0.254. The molecule has 1 aliphatic heterocycles. The maximum Gasteiger partial charge on any atom is 0.230 e. The second kappa shape index (κ2) is 4.84. The third-order valence-electron chi connectivity index (χ3n) is 3.42. The zero-order valence-corrected chi connectivity index (χ0v) is 10.4. The van der Waals surface area contributed by atoms with Crippen molar-refractivity contribution in [1.82, 2.24) is 10.3 Å². The minimum absolute atomic E-state index is 0.102. The number of piperidine rings is 1. The summed E-state index contributed by atoms with van der Waals surface area (Å²) in [4.78, 5) is 16.4. The van der Waals surface area contributed by atoms with Crippen LogP contribution in [-0.2, 0) is 4.79 Å². The predicted octanol–water partition coefficient (Wildman–Crippen LogP) is 1.72. The van der Waals surface area contributed by atoms with E-state index >= 15 is 0 Å². The first-order valence-electron chi connectivity index (χ1n) is 6.05. The first kappa shape index (κ1) is 12.0. The molecule has 17 heavy (non-hydrogen) atoms. The van der Waals surface area contributed by atoms with Crippen LogP contribution in [0, 0.1) is 12.3 Å². The number of nitrogens with one attached hydrogen (secondary N) is 2. The minimum Gasteiger partial charge on any atom is -0.324 e. The number of aromatic nitrogens is 1. The fourth-order valence-electron chi connectivity index (χ4n) is 2.03. The Balaban J connectivity index is 2.03. The van der Waals surface area contributed by atoms with Crippen molar-refractivity contribution in [2.45, 2.75) is 26.7 Å². The Labute approximate surface area is 102 Å². The summed E-state index contributed by atoms with van der Waals surface area (Å²) in [5, 5.41) is 6.22. The lowest BCUT2D eigenvalue weighted by molar-refractivity contribution is -0.126. The number of hydrogen-bond donors (Lipinski definition) is 2. The van der Waals surface area contributed by atoms with Gasteiger partial charge in [0, 0.05) is 11.1 Å². The van der Waals surface area contributed by atoms with Crippen LogP contribution in [0.5, 0.6) is 0 Å². The first-order valence-corrected chi connectivity index (χ1v) is 6.05. The highest BCUT2D eigenvalue weighted by Gasteiger charge is 2.34. The SMILES string of the molecule is Cc1ccc(NC(=O)C2(C)CCNCC2)cn1. The third kappa shape index (κ3) is 2.82. The standard InChI is InChI=1S/C13H19N3O/c1-10-3-4-11(9-15-10)16-12(17)13(2)5-7-14-8-6-13/h3-4,9,14H,5-8H2,1-2H3,(H,16,17). The Hall–Kier alpha value is -1.42. The molecule has 1 aromatic rings. The van der Waals surface area contributed by atoms with Crippen molar-refractivity contribution < 1.29 is 4.79 Å². The van der Waals surface area contributed by atoms with Gasteiger partial charge in [-0.05, 0) is 45.0 Å². The molecule has 92 valence electrons. The van der Waals surface area contributed by atoms with Gasteiger partial charge in [-0.25, -0.2) is 0 Å². The van der Waals surface area contributed by atoms with Crippen molar-refractivity contribution in [3.8, 4) is 0 Å². The average molecular weight is 233 g/mol. The highest BCUT2D eigenvalue weighted by Crippen LogP contribution is 2.29. The average Bonchev–Trinajstić information content (AvgIpc) is 2.33. The highest BCUT2D eigenvalue weighted by molar-refractivity contribution is 5.95. The molecule has 1 fully saturated rings. The summed E-state index contributed by atoms with van der Waals surface area (Å²) in [6, 6.07) is 3.80. The second-order valence-corrected chi connectivity index (χ2v) is 4.95. The number of amides is 1. The molecule has 4 nitrogen and oxygen atoms in total. The van der Waals surface area contributed by atoms with Crippen LogP contribution in [-0.4, -0.2) is 24.0 Å². The van der Waals surface area contributed by atoms with Gasteiger partial charge in [-0.2, -0.15) is 0 Å². The normalized spacial score (nSPS) is 18.7. The zero-order valence-electron chi connectivity index (χ0n) is 10.4. The third-order valence-corrected chi connectivity index (χ3v) is 3.42. The summed E-state index contributed by atoms with van der Waals surface area (Å²) in [6.45, 7) is 5.79. The maximum atomic E-state index is 12.2. The van der Waals surface area contributed by atoms with Crippen LogP contribution in [0.25, 0.3) is 0 Å². The number of carbonyl (C=O) groups excluding carboxylic acids is 1. The van der Waals surface area contributed by atoms with E-state index in [-0.39, 0.29) is 11.3 Å². The van der Waals surface area contributed by atoms with Crippen molar-refractivity contribution in [3.05, 3.63) is 24.0 Å². The van der Waals surface area contributed by atoms with Crippen LogP contribution in [0.15, 0.2) is 18.3 Å². The molecule has 0 spiro atoms. The molecule has 1 saturated heterocycles. The highest BCUT2D eigenvalue weighted by atomic mass is 16.2. The van der Waals surface area contributed by atoms with Gasteiger partial charge in [-0.3, -0.25) is 9.78 Å². The molecule has 2 heterocycles. The van der Waals surface area contributed by atoms with Gasteiger partial charge in [0.05, 0.1) is 11.9 Å². The summed E-state index contributed by atoms with van der Waals surface area (Å²) in [7, 11) is 0. The Morgan fingerprint density at radius 3 is 2.71 bits per heavy atom. The topological polar surface area (TPSA) is 54.0 Å². The smallest absolute Gasteiger partial charge is 0.230 e. The Bertz CT molecular complexity index is 394. The molecular weight excluding hydrogens is 214 g/mol. The largest absolute Gasteiger partial charge is 0.324 e. The lowest BCUT2D eigenvalue weighted by Gasteiger charge is -2.32. The number of rotatable bonds is 2. The molecule has 2 N–H and O–H groups in total. The van der Waals surface area contributed by atoms with Gasteiger partial charge in [-0.15, -0.1) is 0 Å². The number of anilines is 1. The zero-order chi connectivity index (χ0) is 12.3. The van der Waals surface area contributed by atoms with E-state index in [1.54, 1.807) is 6.20 Å². The molecule has 0 saturated carbocycles. The summed E-state index contributed by atoms with van der Waals surface area (Å²) >= 11 is 0. The molecule has 0 aliphatic carbocycles. The summed E-state index contributed by atoms with van der Waals surface area (Å²) in [5.41, 5.74) is 1.48. The summed E-state index contributed by atoms with van der Waals surface area (Å²) < 4.78 is 0. The maximum absolute atomic E-state index is 12.2.